The van der Waals surface area contributed by atoms with Gasteiger partial charge in [0.2, 0.25) is 0 Å². The van der Waals surface area contributed by atoms with Gasteiger partial charge in [-0.1, -0.05) is 31.0 Å². The first-order valence-corrected chi connectivity index (χ1v) is 11.6. The Balaban J connectivity index is 1.48. The van der Waals surface area contributed by atoms with E-state index in [0.717, 1.165) is 24.2 Å². The SMILES string of the molecule is CCCCOc1ccc(OCC(=O)N/N=C\c2ccc(OC(=O)c3ccc(C)cc3)c(OC)c2)cc1. The normalized spacial score (nSPS) is 10.6. The van der Waals surface area contributed by atoms with E-state index in [1.165, 1.54) is 13.3 Å². The van der Waals surface area contributed by atoms with Crippen molar-refractivity contribution in [3.05, 3.63) is 83.4 Å². The summed E-state index contributed by atoms with van der Waals surface area (Å²) in [5.74, 6) is 1.05. The lowest BCUT2D eigenvalue weighted by Gasteiger charge is -2.10. The second-order valence-corrected chi connectivity index (χ2v) is 7.92. The van der Waals surface area contributed by atoms with Crippen molar-refractivity contribution in [1.82, 2.24) is 5.43 Å². The molecule has 0 aromatic heterocycles. The minimum Gasteiger partial charge on any atom is -0.494 e. The Morgan fingerprint density at radius 2 is 1.61 bits per heavy atom. The van der Waals surface area contributed by atoms with Crippen molar-refractivity contribution in [3.8, 4) is 23.0 Å². The molecule has 8 heteroatoms. The molecule has 0 spiro atoms. The summed E-state index contributed by atoms with van der Waals surface area (Å²) < 4.78 is 21.9. The molecule has 0 heterocycles. The van der Waals surface area contributed by atoms with Gasteiger partial charge < -0.3 is 18.9 Å². The van der Waals surface area contributed by atoms with Crippen LogP contribution in [-0.2, 0) is 4.79 Å². The maximum Gasteiger partial charge on any atom is 0.343 e. The molecule has 0 fully saturated rings. The molecule has 0 unspecified atom stereocenters. The minimum absolute atomic E-state index is 0.190. The lowest BCUT2D eigenvalue weighted by atomic mass is 10.1. The Morgan fingerprint density at radius 3 is 2.28 bits per heavy atom. The average molecular weight is 491 g/mol. The summed E-state index contributed by atoms with van der Waals surface area (Å²) in [5.41, 5.74) is 4.54. The fourth-order valence-corrected chi connectivity index (χ4v) is 3.02. The van der Waals surface area contributed by atoms with Gasteiger partial charge in [-0.05, 0) is 73.5 Å². The number of unbranched alkanes of at least 4 members (excludes halogenated alkanes) is 1. The molecule has 188 valence electrons. The van der Waals surface area contributed by atoms with E-state index >= 15 is 0 Å². The van der Waals surface area contributed by atoms with Crippen LogP contribution >= 0.6 is 0 Å². The molecule has 0 aliphatic carbocycles. The van der Waals surface area contributed by atoms with E-state index in [1.54, 1.807) is 54.6 Å². The number of carbonyl (C=O) groups is 2. The summed E-state index contributed by atoms with van der Waals surface area (Å²) in [6.07, 6.45) is 3.52. The van der Waals surface area contributed by atoms with Crippen LogP contribution in [0, 0.1) is 6.92 Å². The topological polar surface area (TPSA) is 95.5 Å². The standard InChI is InChI=1S/C28H30N2O6/c1-4-5-16-34-23-11-13-24(14-12-23)35-19-27(31)30-29-18-21-8-15-25(26(17-21)33-3)36-28(32)22-9-6-20(2)7-10-22/h6-15,17-18H,4-5,16,19H2,1-3H3,(H,30,31)/b29-18-. The predicted octanol–water partition coefficient (Wildman–Crippen LogP) is 4.93. The Bertz CT molecular complexity index is 1170. The van der Waals surface area contributed by atoms with Crippen LogP contribution in [0.5, 0.6) is 23.0 Å². The quantitative estimate of drug-likeness (QED) is 0.127. The lowest BCUT2D eigenvalue weighted by Crippen LogP contribution is -2.24. The Labute approximate surface area is 210 Å². The Kier molecular flexibility index (Phi) is 9.88. The molecule has 0 atom stereocenters. The van der Waals surface area contributed by atoms with Crippen LogP contribution < -0.4 is 24.4 Å². The predicted molar refractivity (Wildman–Crippen MR) is 137 cm³/mol. The van der Waals surface area contributed by atoms with Crippen LogP contribution in [0.15, 0.2) is 71.8 Å². The maximum absolute atomic E-state index is 12.4. The van der Waals surface area contributed by atoms with Crippen molar-refractivity contribution in [1.29, 1.82) is 0 Å². The molecule has 0 saturated heterocycles. The summed E-state index contributed by atoms with van der Waals surface area (Å²) in [6.45, 7) is 4.53. The van der Waals surface area contributed by atoms with Gasteiger partial charge in [-0.2, -0.15) is 5.10 Å². The molecule has 36 heavy (non-hydrogen) atoms. The summed E-state index contributed by atoms with van der Waals surface area (Å²) in [5, 5.41) is 3.94. The zero-order valence-electron chi connectivity index (χ0n) is 20.7. The van der Waals surface area contributed by atoms with Crippen molar-refractivity contribution in [2.75, 3.05) is 20.3 Å². The number of nitrogens with zero attached hydrogens (tertiary/aromatic N) is 1. The Hall–Kier alpha value is -4.33. The van der Waals surface area contributed by atoms with Crippen LogP contribution in [0.4, 0.5) is 0 Å². The average Bonchev–Trinajstić information content (AvgIpc) is 2.89. The molecule has 0 bridgehead atoms. The number of hydrazone groups is 1. The van der Waals surface area contributed by atoms with E-state index in [4.69, 9.17) is 18.9 Å². The van der Waals surface area contributed by atoms with Crippen LogP contribution in [0.25, 0.3) is 0 Å². The van der Waals surface area contributed by atoms with E-state index in [2.05, 4.69) is 17.5 Å². The van der Waals surface area contributed by atoms with Crippen LogP contribution in [0.3, 0.4) is 0 Å². The van der Waals surface area contributed by atoms with E-state index < -0.39 is 11.9 Å². The first kappa shape index (κ1) is 26.3. The third-order valence-corrected chi connectivity index (χ3v) is 5.04. The minimum atomic E-state index is -0.486. The van der Waals surface area contributed by atoms with Crippen molar-refractivity contribution in [2.45, 2.75) is 26.7 Å². The van der Waals surface area contributed by atoms with E-state index in [-0.39, 0.29) is 12.4 Å². The summed E-state index contributed by atoms with van der Waals surface area (Å²) in [6, 6.07) is 19.1. The van der Waals surface area contributed by atoms with Gasteiger partial charge in [0.05, 0.1) is 25.5 Å². The first-order valence-electron chi connectivity index (χ1n) is 11.6. The highest BCUT2D eigenvalue weighted by Crippen LogP contribution is 2.28. The number of nitrogens with one attached hydrogen (secondary N) is 1. The largest absolute Gasteiger partial charge is 0.494 e. The van der Waals surface area contributed by atoms with Crippen molar-refractivity contribution in [3.63, 3.8) is 0 Å². The van der Waals surface area contributed by atoms with Crippen LogP contribution in [0.1, 0.15) is 41.3 Å². The number of methoxy groups -OCH3 is 1. The molecule has 3 aromatic rings. The molecule has 1 N–H and O–H groups in total. The van der Waals surface area contributed by atoms with Gasteiger partial charge in [0.15, 0.2) is 18.1 Å². The lowest BCUT2D eigenvalue weighted by molar-refractivity contribution is -0.123. The second-order valence-electron chi connectivity index (χ2n) is 7.92. The molecule has 0 aliphatic heterocycles. The van der Waals surface area contributed by atoms with E-state index in [1.807, 2.05) is 19.1 Å². The number of ether oxygens (including phenoxy) is 4. The van der Waals surface area contributed by atoms with Crippen LogP contribution in [-0.4, -0.2) is 38.4 Å². The van der Waals surface area contributed by atoms with Gasteiger partial charge in [-0.25, -0.2) is 10.2 Å². The third kappa shape index (κ3) is 8.16. The van der Waals surface area contributed by atoms with Gasteiger partial charge in [0, 0.05) is 0 Å². The summed E-state index contributed by atoms with van der Waals surface area (Å²) in [4.78, 5) is 24.4. The highest BCUT2D eigenvalue weighted by Gasteiger charge is 2.13. The second kappa shape index (κ2) is 13.5. The van der Waals surface area contributed by atoms with Gasteiger partial charge >= 0.3 is 5.97 Å². The number of esters is 1. The molecule has 0 radical (unpaired) electrons. The number of hydrogen-bond acceptors (Lipinski definition) is 7. The zero-order chi connectivity index (χ0) is 25.8. The smallest absolute Gasteiger partial charge is 0.343 e. The monoisotopic (exact) mass is 490 g/mol. The van der Waals surface area contributed by atoms with Gasteiger partial charge in [0.25, 0.3) is 5.91 Å². The molecule has 0 aliphatic rings. The first-order chi connectivity index (χ1) is 17.5. The van der Waals surface area contributed by atoms with E-state index in [9.17, 15) is 9.59 Å². The number of amides is 1. The Morgan fingerprint density at radius 1 is 0.917 bits per heavy atom. The summed E-state index contributed by atoms with van der Waals surface area (Å²) in [7, 11) is 1.47. The van der Waals surface area contributed by atoms with Gasteiger partial charge in [-0.15, -0.1) is 0 Å². The molecule has 0 saturated carbocycles. The van der Waals surface area contributed by atoms with Crippen molar-refractivity contribution >= 4 is 18.1 Å². The molecule has 8 nitrogen and oxygen atoms in total. The van der Waals surface area contributed by atoms with Crippen molar-refractivity contribution in [2.24, 2.45) is 5.10 Å². The zero-order valence-corrected chi connectivity index (χ0v) is 20.7. The number of rotatable bonds is 12. The molecule has 1 amide bonds. The van der Waals surface area contributed by atoms with Crippen molar-refractivity contribution < 1.29 is 28.5 Å². The fraction of sp³-hybridized carbons (Fsp3) is 0.250. The molecule has 3 rings (SSSR count). The number of hydrogen-bond donors (Lipinski definition) is 1. The summed E-state index contributed by atoms with van der Waals surface area (Å²) >= 11 is 0. The highest BCUT2D eigenvalue weighted by molar-refractivity contribution is 5.91. The van der Waals surface area contributed by atoms with E-state index in [0.29, 0.717) is 29.2 Å². The highest BCUT2D eigenvalue weighted by atomic mass is 16.6. The van der Waals surface area contributed by atoms with Crippen LogP contribution in [0.2, 0.25) is 0 Å². The number of benzene rings is 3. The number of carbonyl (C=O) groups excluding carboxylic acids is 2. The molecule has 3 aromatic carbocycles. The van der Waals surface area contributed by atoms with Gasteiger partial charge in [-0.3, -0.25) is 4.79 Å². The van der Waals surface area contributed by atoms with Gasteiger partial charge in [0.1, 0.15) is 11.5 Å². The fourth-order valence-electron chi connectivity index (χ4n) is 3.02. The molecular formula is C28H30N2O6. The number of aryl methyl sites for hydroxylation is 1. The molecular weight excluding hydrogens is 460 g/mol. The maximum atomic E-state index is 12.4. The third-order valence-electron chi connectivity index (χ3n) is 5.04.